The number of hydrogen-bond acceptors (Lipinski definition) is 3. The SMILES string of the molecule is CCN1CN(C(=O)C2(C)CCCNC2=O)CC1=O. The summed E-state index contributed by atoms with van der Waals surface area (Å²) in [5.74, 6) is -0.504. The van der Waals surface area contributed by atoms with Crippen LogP contribution in [0.3, 0.4) is 0 Å². The Morgan fingerprint density at radius 3 is 2.72 bits per heavy atom. The molecule has 6 nitrogen and oxygen atoms in total. The number of nitrogens with one attached hydrogen (secondary N) is 1. The molecular weight excluding hydrogens is 234 g/mol. The fourth-order valence-electron chi connectivity index (χ4n) is 2.52. The molecule has 2 rings (SSSR count). The number of piperidine rings is 1. The molecule has 2 aliphatic heterocycles. The summed E-state index contributed by atoms with van der Waals surface area (Å²) in [5, 5.41) is 2.73. The van der Waals surface area contributed by atoms with Crippen molar-refractivity contribution >= 4 is 17.7 Å². The van der Waals surface area contributed by atoms with Gasteiger partial charge in [-0.2, -0.15) is 0 Å². The molecule has 1 N–H and O–H groups in total. The first-order valence-electron chi connectivity index (χ1n) is 6.34. The number of likely N-dealkylation sites (N-methyl/N-ethyl adjacent to an activating group) is 1. The zero-order chi connectivity index (χ0) is 13.3. The summed E-state index contributed by atoms with van der Waals surface area (Å²) in [5.41, 5.74) is -1.01. The highest BCUT2D eigenvalue weighted by molar-refractivity contribution is 6.06. The minimum atomic E-state index is -1.01. The summed E-state index contributed by atoms with van der Waals surface area (Å²) in [7, 11) is 0. The second-order valence-corrected chi connectivity index (χ2v) is 5.09. The number of carbonyl (C=O) groups is 3. The van der Waals surface area contributed by atoms with Crippen LogP contribution in [-0.2, 0) is 14.4 Å². The van der Waals surface area contributed by atoms with Crippen LogP contribution in [0.15, 0.2) is 0 Å². The Morgan fingerprint density at radius 1 is 1.44 bits per heavy atom. The van der Waals surface area contributed by atoms with Crippen LogP contribution in [0.25, 0.3) is 0 Å². The molecule has 3 amide bonds. The predicted molar refractivity (Wildman–Crippen MR) is 64.3 cm³/mol. The Hall–Kier alpha value is -1.59. The van der Waals surface area contributed by atoms with Crippen molar-refractivity contribution in [2.75, 3.05) is 26.3 Å². The second-order valence-electron chi connectivity index (χ2n) is 5.09. The largest absolute Gasteiger partial charge is 0.355 e. The Balaban J connectivity index is 2.12. The van der Waals surface area contributed by atoms with Crippen molar-refractivity contribution in [2.24, 2.45) is 5.41 Å². The van der Waals surface area contributed by atoms with Gasteiger partial charge in [0.25, 0.3) is 0 Å². The fraction of sp³-hybridized carbons (Fsp3) is 0.750. The van der Waals surface area contributed by atoms with Gasteiger partial charge in [0, 0.05) is 13.1 Å². The van der Waals surface area contributed by atoms with E-state index in [1.54, 1.807) is 11.8 Å². The number of rotatable bonds is 2. The lowest BCUT2D eigenvalue weighted by molar-refractivity contribution is -0.151. The maximum atomic E-state index is 12.4. The molecule has 2 aliphatic rings. The summed E-state index contributed by atoms with van der Waals surface area (Å²) in [6.45, 7) is 5.16. The maximum absolute atomic E-state index is 12.4. The lowest BCUT2D eigenvalue weighted by Crippen LogP contribution is -2.53. The molecule has 0 aromatic carbocycles. The van der Waals surface area contributed by atoms with E-state index in [0.717, 1.165) is 6.42 Å². The molecule has 0 saturated carbocycles. The van der Waals surface area contributed by atoms with Crippen LogP contribution in [0.1, 0.15) is 26.7 Å². The molecule has 0 radical (unpaired) electrons. The highest BCUT2D eigenvalue weighted by Crippen LogP contribution is 2.30. The van der Waals surface area contributed by atoms with Crippen molar-refractivity contribution in [3.8, 4) is 0 Å². The van der Waals surface area contributed by atoms with E-state index in [0.29, 0.717) is 26.2 Å². The average Bonchev–Trinajstić information content (AvgIpc) is 2.73. The highest BCUT2D eigenvalue weighted by atomic mass is 16.2. The van der Waals surface area contributed by atoms with Gasteiger partial charge < -0.3 is 15.1 Å². The molecule has 2 fully saturated rings. The van der Waals surface area contributed by atoms with Crippen LogP contribution >= 0.6 is 0 Å². The molecule has 0 aromatic heterocycles. The number of carbonyl (C=O) groups excluding carboxylic acids is 3. The molecule has 100 valence electrons. The molecule has 0 bridgehead atoms. The van der Waals surface area contributed by atoms with E-state index in [1.165, 1.54) is 4.90 Å². The third-order valence-corrected chi connectivity index (χ3v) is 3.80. The first kappa shape index (κ1) is 12.9. The summed E-state index contributed by atoms with van der Waals surface area (Å²) in [4.78, 5) is 39.0. The van der Waals surface area contributed by atoms with Gasteiger partial charge in [0.2, 0.25) is 17.7 Å². The topological polar surface area (TPSA) is 69.7 Å². The Kier molecular flexibility index (Phi) is 3.28. The number of nitrogens with zero attached hydrogens (tertiary/aromatic N) is 2. The molecule has 0 aromatic rings. The normalized spacial score (nSPS) is 28.6. The van der Waals surface area contributed by atoms with E-state index in [-0.39, 0.29) is 24.3 Å². The van der Waals surface area contributed by atoms with Crippen molar-refractivity contribution < 1.29 is 14.4 Å². The van der Waals surface area contributed by atoms with E-state index < -0.39 is 5.41 Å². The molecule has 2 saturated heterocycles. The van der Waals surface area contributed by atoms with Crippen molar-refractivity contribution in [3.63, 3.8) is 0 Å². The predicted octanol–water partition coefficient (Wildman–Crippen LogP) is -0.449. The molecule has 0 aliphatic carbocycles. The van der Waals surface area contributed by atoms with E-state index in [2.05, 4.69) is 5.32 Å². The summed E-state index contributed by atoms with van der Waals surface area (Å²) in [6.07, 6.45) is 1.35. The van der Waals surface area contributed by atoms with Crippen molar-refractivity contribution in [1.82, 2.24) is 15.1 Å². The zero-order valence-corrected chi connectivity index (χ0v) is 10.9. The Bertz CT molecular complexity index is 396. The number of amides is 3. The molecule has 2 heterocycles. The van der Waals surface area contributed by atoms with Gasteiger partial charge in [0.15, 0.2) is 0 Å². The Labute approximate surface area is 106 Å². The van der Waals surface area contributed by atoms with Gasteiger partial charge in [0.05, 0.1) is 6.67 Å². The quantitative estimate of drug-likeness (QED) is 0.678. The summed E-state index contributed by atoms with van der Waals surface area (Å²) in [6, 6.07) is 0. The molecule has 0 spiro atoms. The zero-order valence-electron chi connectivity index (χ0n) is 10.9. The van der Waals surface area contributed by atoms with Gasteiger partial charge in [-0.15, -0.1) is 0 Å². The van der Waals surface area contributed by atoms with Crippen LogP contribution in [-0.4, -0.2) is 53.8 Å². The van der Waals surface area contributed by atoms with Crippen LogP contribution < -0.4 is 5.32 Å². The van der Waals surface area contributed by atoms with Gasteiger partial charge in [-0.05, 0) is 26.7 Å². The van der Waals surface area contributed by atoms with Crippen molar-refractivity contribution in [2.45, 2.75) is 26.7 Å². The molecule has 18 heavy (non-hydrogen) atoms. The lowest BCUT2D eigenvalue weighted by Gasteiger charge is -2.34. The molecule has 6 heteroatoms. The monoisotopic (exact) mass is 253 g/mol. The van der Waals surface area contributed by atoms with Gasteiger partial charge in [-0.25, -0.2) is 0 Å². The molecule has 1 atom stereocenters. The Morgan fingerprint density at radius 2 is 2.17 bits per heavy atom. The third kappa shape index (κ3) is 1.95. The summed E-state index contributed by atoms with van der Waals surface area (Å²) >= 11 is 0. The molecular formula is C12H19N3O3. The minimum Gasteiger partial charge on any atom is -0.355 e. The van der Waals surface area contributed by atoms with Crippen molar-refractivity contribution in [3.05, 3.63) is 0 Å². The smallest absolute Gasteiger partial charge is 0.243 e. The van der Waals surface area contributed by atoms with Crippen LogP contribution in [0, 0.1) is 5.41 Å². The minimum absolute atomic E-state index is 0.0503. The summed E-state index contributed by atoms with van der Waals surface area (Å²) < 4.78 is 0. The average molecular weight is 253 g/mol. The van der Waals surface area contributed by atoms with Crippen LogP contribution in [0.4, 0.5) is 0 Å². The second kappa shape index (κ2) is 4.59. The van der Waals surface area contributed by atoms with E-state index in [9.17, 15) is 14.4 Å². The fourth-order valence-corrected chi connectivity index (χ4v) is 2.52. The molecule has 1 unspecified atom stereocenters. The number of hydrogen-bond donors (Lipinski definition) is 1. The highest BCUT2D eigenvalue weighted by Gasteiger charge is 2.47. The lowest BCUT2D eigenvalue weighted by atomic mass is 9.80. The first-order valence-corrected chi connectivity index (χ1v) is 6.34. The van der Waals surface area contributed by atoms with Gasteiger partial charge in [0.1, 0.15) is 12.0 Å². The van der Waals surface area contributed by atoms with Gasteiger partial charge >= 0.3 is 0 Å². The maximum Gasteiger partial charge on any atom is 0.243 e. The third-order valence-electron chi connectivity index (χ3n) is 3.80. The van der Waals surface area contributed by atoms with E-state index in [4.69, 9.17) is 0 Å². The van der Waals surface area contributed by atoms with Crippen LogP contribution in [0.5, 0.6) is 0 Å². The van der Waals surface area contributed by atoms with Crippen LogP contribution in [0.2, 0.25) is 0 Å². The van der Waals surface area contributed by atoms with E-state index in [1.807, 2.05) is 6.92 Å². The van der Waals surface area contributed by atoms with Gasteiger partial charge in [-0.3, -0.25) is 14.4 Å². The van der Waals surface area contributed by atoms with Gasteiger partial charge in [-0.1, -0.05) is 0 Å². The van der Waals surface area contributed by atoms with E-state index >= 15 is 0 Å². The first-order chi connectivity index (χ1) is 8.49. The standard InChI is InChI=1S/C12H19N3O3/c1-3-14-8-15(7-9(14)16)11(18)12(2)5-4-6-13-10(12)17/h3-8H2,1-2H3,(H,13,17). The van der Waals surface area contributed by atoms with Crippen molar-refractivity contribution in [1.29, 1.82) is 0 Å².